The number of Topliss-reactive ketones (excluding diaryl/α,β-unsaturated/α-hetero) is 2. The van der Waals surface area contributed by atoms with Crippen molar-refractivity contribution in [3.63, 3.8) is 0 Å². The van der Waals surface area contributed by atoms with Gasteiger partial charge >= 0.3 is 12.0 Å². The molecule has 2 saturated carbocycles. The molecule has 0 spiro atoms. The van der Waals surface area contributed by atoms with Crippen LogP contribution in [0.4, 0.5) is 4.79 Å². The number of carbonyl (C=O) groups excluding carboxylic acids is 6. The highest BCUT2D eigenvalue weighted by atomic mass is 16.5. The Bertz CT molecular complexity index is 1420. The van der Waals surface area contributed by atoms with Crippen molar-refractivity contribution in [2.24, 2.45) is 45.7 Å². The number of amides is 4. The molecule has 1 saturated heterocycles. The van der Waals surface area contributed by atoms with Gasteiger partial charge in [-0.2, -0.15) is 0 Å². The highest BCUT2D eigenvalue weighted by molar-refractivity contribution is 6.36. The molecule has 3 fully saturated rings. The molecular formula is C38H56N4O7. The Labute approximate surface area is 290 Å². The first-order chi connectivity index (χ1) is 22.7. The summed E-state index contributed by atoms with van der Waals surface area (Å²) in [5.74, 6) is -3.56. The minimum Gasteiger partial charge on any atom is -0.459 e. The number of esters is 1. The maximum Gasteiger partial charge on any atom is 0.329 e. The number of nitrogens with one attached hydrogen (secondary N) is 2. The van der Waals surface area contributed by atoms with Crippen LogP contribution >= 0.6 is 0 Å². The maximum absolute atomic E-state index is 14.4. The van der Waals surface area contributed by atoms with E-state index in [4.69, 9.17) is 10.5 Å². The van der Waals surface area contributed by atoms with Crippen LogP contribution in [-0.2, 0) is 35.3 Å². The molecule has 3 aliphatic rings. The topological polar surface area (TPSA) is 165 Å². The summed E-state index contributed by atoms with van der Waals surface area (Å²) in [6.07, 6.45) is 3.53. The molecular weight excluding hydrogens is 624 g/mol. The third-order valence-corrected chi connectivity index (χ3v) is 10.7. The third kappa shape index (κ3) is 9.28. The van der Waals surface area contributed by atoms with E-state index in [1.54, 1.807) is 4.90 Å². The molecule has 11 heteroatoms. The summed E-state index contributed by atoms with van der Waals surface area (Å²) in [7, 11) is 0. The summed E-state index contributed by atoms with van der Waals surface area (Å²) < 4.78 is 5.57. The first-order valence-corrected chi connectivity index (χ1v) is 17.6. The van der Waals surface area contributed by atoms with Gasteiger partial charge in [0.2, 0.25) is 11.7 Å². The normalized spacial score (nSPS) is 23.3. The zero-order chi connectivity index (χ0) is 36.5. The number of likely N-dealkylation sites (tertiary alicyclic amines) is 1. The first kappa shape index (κ1) is 38.0. The fraction of sp³-hybridized carbons (Fsp3) is 0.684. The van der Waals surface area contributed by atoms with Gasteiger partial charge in [0.15, 0.2) is 5.78 Å². The number of hydrogen-bond donors (Lipinski definition) is 3. The lowest BCUT2D eigenvalue weighted by Gasteiger charge is -2.38. The molecule has 2 aliphatic carbocycles. The smallest absolute Gasteiger partial charge is 0.329 e. The van der Waals surface area contributed by atoms with Gasteiger partial charge in [-0.3, -0.25) is 19.2 Å². The van der Waals surface area contributed by atoms with Gasteiger partial charge in [-0.25, -0.2) is 9.59 Å². The van der Waals surface area contributed by atoms with Crippen LogP contribution in [0.25, 0.3) is 0 Å². The summed E-state index contributed by atoms with van der Waals surface area (Å²) in [5.41, 5.74) is 4.94. The number of piperidine rings is 1. The molecule has 6 atom stereocenters. The monoisotopic (exact) mass is 680 g/mol. The van der Waals surface area contributed by atoms with E-state index in [9.17, 15) is 28.8 Å². The average Bonchev–Trinajstić information content (AvgIpc) is 3.29. The van der Waals surface area contributed by atoms with Crippen molar-refractivity contribution in [1.29, 1.82) is 0 Å². The quantitative estimate of drug-likeness (QED) is 0.192. The zero-order valence-corrected chi connectivity index (χ0v) is 30.5. The standard InChI is InChI=1S/C38H56N4O7/c1-36(2,3)19-26(34(47)49-21-23-13-10-9-11-14-23)40-35(48)41-31(37(4,5)6)33(46)42-20-25-28(38(25,7)8)29(42)27(43)18-24(30(44)32(39)45)17-22-15-12-16-22/h9-11,13-14,22,24-26,28-29,31H,12,15-21H2,1-8H3,(H2,39,45)(H2,40,41,48)/t24?,25-,26-,28-,29+,31+/m0/s1. The molecule has 270 valence electrons. The number of primary amides is 1. The summed E-state index contributed by atoms with van der Waals surface area (Å²) in [5, 5.41) is 5.59. The fourth-order valence-corrected chi connectivity index (χ4v) is 7.64. The SMILES string of the molecule is CC(C)(C)C[C@H](NC(=O)N[C@H](C(=O)N1C[C@H]2[C@@H]([C@H]1C(=O)CC(CC1CCC1)C(=O)C(N)=O)C2(C)C)C(C)(C)C)C(=O)OCc1ccccc1. The fourth-order valence-electron chi connectivity index (χ4n) is 7.64. The first-order valence-electron chi connectivity index (χ1n) is 17.6. The van der Waals surface area contributed by atoms with E-state index in [0.717, 1.165) is 24.8 Å². The van der Waals surface area contributed by atoms with Crippen LogP contribution < -0.4 is 16.4 Å². The number of urea groups is 1. The second-order valence-electron chi connectivity index (χ2n) is 17.3. The summed E-state index contributed by atoms with van der Waals surface area (Å²) in [4.78, 5) is 81.5. The highest BCUT2D eigenvalue weighted by Gasteiger charge is 2.69. The molecule has 1 aromatic rings. The van der Waals surface area contributed by atoms with Gasteiger partial charge in [0.05, 0.1) is 6.04 Å². The molecule has 49 heavy (non-hydrogen) atoms. The van der Waals surface area contributed by atoms with Crippen LogP contribution in [0.15, 0.2) is 30.3 Å². The number of rotatable bonds is 14. The molecule has 1 aliphatic heterocycles. The van der Waals surface area contributed by atoms with Crippen LogP contribution in [-0.4, -0.2) is 65.0 Å². The highest BCUT2D eigenvalue weighted by Crippen LogP contribution is 2.65. The number of nitrogens with zero attached hydrogens (tertiary/aromatic N) is 1. The number of ether oxygens (including phenoxy) is 1. The maximum atomic E-state index is 14.4. The van der Waals surface area contributed by atoms with Crippen molar-refractivity contribution >= 4 is 35.4 Å². The van der Waals surface area contributed by atoms with Gasteiger partial charge < -0.3 is 26.0 Å². The number of nitrogens with two attached hydrogens (primary N) is 1. The molecule has 11 nitrogen and oxygen atoms in total. The number of hydrogen-bond acceptors (Lipinski definition) is 7. The van der Waals surface area contributed by atoms with E-state index in [1.807, 2.05) is 71.9 Å². The molecule has 4 N–H and O–H groups in total. The Morgan fingerprint density at radius 1 is 0.980 bits per heavy atom. The molecule has 1 unspecified atom stereocenters. The molecule has 1 aromatic carbocycles. The Balaban J connectivity index is 1.50. The van der Waals surface area contributed by atoms with Gasteiger partial charge in [-0.05, 0) is 52.4 Å². The van der Waals surface area contributed by atoms with Crippen molar-refractivity contribution in [3.8, 4) is 0 Å². The van der Waals surface area contributed by atoms with Crippen molar-refractivity contribution < 1.29 is 33.5 Å². The van der Waals surface area contributed by atoms with E-state index in [-0.39, 0.29) is 47.4 Å². The number of ketones is 2. The third-order valence-electron chi connectivity index (χ3n) is 10.7. The van der Waals surface area contributed by atoms with Crippen LogP contribution in [0.3, 0.4) is 0 Å². The van der Waals surface area contributed by atoms with Crippen molar-refractivity contribution in [1.82, 2.24) is 15.5 Å². The molecule has 4 amide bonds. The predicted octanol–water partition coefficient (Wildman–Crippen LogP) is 4.55. The Hall–Kier alpha value is -3.76. The van der Waals surface area contributed by atoms with Gasteiger partial charge in [-0.15, -0.1) is 0 Å². The minimum absolute atomic E-state index is 0.0579. The lowest BCUT2D eigenvalue weighted by Crippen LogP contribution is -2.60. The minimum atomic E-state index is -1.04. The van der Waals surface area contributed by atoms with E-state index in [1.165, 1.54) is 0 Å². The van der Waals surface area contributed by atoms with E-state index in [2.05, 4.69) is 24.5 Å². The average molecular weight is 681 g/mol. The lowest BCUT2D eigenvalue weighted by atomic mass is 9.76. The Morgan fingerprint density at radius 3 is 2.14 bits per heavy atom. The number of carbonyl (C=O) groups is 6. The predicted molar refractivity (Wildman–Crippen MR) is 185 cm³/mol. The van der Waals surface area contributed by atoms with Gasteiger partial charge in [0.1, 0.15) is 18.7 Å². The largest absolute Gasteiger partial charge is 0.459 e. The van der Waals surface area contributed by atoms with Gasteiger partial charge in [0, 0.05) is 18.9 Å². The zero-order valence-electron chi connectivity index (χ0n) is 30.5. The molecule has 0 radical (unpaired) electrons. The Kier molecular flexibility index (Phi) is 11.3. The van der Waals surface area contributed by atoms with E-state index < -0.39 is 59.1 Å². The van der Waals surface area contributed by atoms with Crippen molar-refractivity contribution in [2.45, 2.75) is 119 Å². The van der Waals surface area contributed by atoms with Gasteiger partial charge in [0.25, 0.3) is 5.91 Å². The second-order valence-corrected chi connectivity index (χ2v) is 17.3. The van der Waals surface area contributed by atoms with E-state index >= 15 is 0 Å². The number of fused-ring (bicyclic) bond motifs is 1. The Morgan fingerprint density at radius 2 is 1.61 bits per heavy atom. The van der Waals surface area contributed by atoms with Crippen LogP contribution in [0, 0.1) is 39.9 Å². The summed E-state index contributed by atoms with van der Waals surface area (Å²) >= 11 is 0. The molecule has 4 rings (SSSR count). The molecule has 1 heterocycles. The van der Waals surface area contributed by atoms with E-state index in [0.29, 0.717) is 19.4 Å². The summed E-state index contributed by atoms with van der Waals surface area (Å²) in [6.45, 7) is 15.9. The number of benzene rings is 1. The van der Waals surface area contributed by atoms with Crippen LogP contribution in [0.1, 0.15) is 99.5 Å². The van der Waals surface area contributed by atoms with Crippen molar-refractivity contribution in [3.05, 3.63) is 35.9 Å². The van der Waals surface area contributed by atoms with Crippen LogP contribution in [0.2, 0.25) is 0 Å². The van der Waals surface area contributed by atoms with Crippen LogP contribution in [0.5, 0.6) is 0 Å². The molecule has 0 bridgehead atoms. The second kappa shape index (κ2) is 14.6. The van der Waals surface area contributed by atoms with Crippen molar-refractivity contribution in [2.75, 3.05) is 6.54 Å². The van der Waals surface area contributed by atoms with Gasteiger partial charge in [-0.1, -0.05) is 105 Å². The summed E-state index contributed by atoms with van der Waals surface area (Å²) in [6, 6.07) is 5.78. The molecule has 0 aromatic heterocycles. The lowest BCUT2D eigenvalue weighted by molar-refractivity contribution is -0.148.